The topological polar surface area (TPSA) is 139 Å². The quantitative estimate of drug-likeness (QED) is 0.503. The van der Waals surface area contributed by atoms with Gasteiger partial charge in [0.25, 0.3) is 0 Å². The maximum absolute atomic E-state index is 12.1. The van der Waals surface area contributed by atoms with E-state index in [1.54, 1.807) is 43.3 Å². The Labute approximate surface area is 166 Å². The number of carboxylic acid groups (broad SMARTS) is 1. The highest BCUT2D eigenvalue weighted by atomic mass is 16.5. The number of nitrogen functional groups attached to an aromatic ring is 1. The van der Waals surface area contributed by atoms with E-state index in [0.717, 1.165) is 0 Å². The lowest BCUT2D eigenvalue weighted by atomic mass is 10.2. The molecule has 2 aromatic carbocycles. The van der Waals surface area contributed by atoms with Crippen LogP contribution in [0.5, 0.6) is 5.75 Å². The number of aromatic nitrogens is 2. The first-order valence-corrected chi connectivity index (χ1v) is 8.75. The molecule has 0 spiro atoms. The molecule has 3 aromatic rings. The molecule has 0 atom stereocenters. The van der Waals surface area contributed by atoms with E-state index in [4.69, 9.17) is 10.5 Å². The molecular formula is C20H19N5O4. The number of amides is 2. The second kappa shape index (κ2) is 8.70. The molecule has 9 heteroatoms. The van der Waals surface area contributed by atoms with Crippen LogP contribution < -0.4 is 21.1 Å². The normalized spacial score (nSPS) is 10.2. The van der Waals surface area contributed by atoms with Crippen LogP contribution in [-0.2, 0) is 0 Å². The lowest BCUT2D eigenvalue weighted by Crippen LogP contribution is -2.19. The van der Waals surface area contributed by atoms with Crippen LogP contribution in [0.2, 0.25) is 0 Å². The summed E-state index contributed by atoms with van der Waals surface area (Å²) in [7, 11) is 0. The van der Waals surface area contributed by atoms with Gasteiger partial charge in [0.05, 0.1) is 6.61 Å². The molecule has 0 saturated carbocycles. The zero-order valence-electron chi connectivity index (χ0n) is 15.5. The van der Waals surface area contributed by atoms with Gasteiger partial charge < -0.3 is 26.2 Å². The van der Waals surface area contributed by atoms with Crippen molar-refractivity contribution in [3.05, 3.63) is 60.3 Å². The summed E-state index contributed by atoms with van der Waals surface area (Å²) < 4.78 is 5.25. The number of carboxylic acids is 1. The van der Waals surface area contributed by atoms with Crippen LogP contribution in [-0.4, -0.2) is 33.7 Å². The summed E-state index contributed by atoms with van der Waals surface area (Å²) in [5.74, 6) is -1.23. The van der Waals surface area contributed by atoms with Crippen molar-refractivity contribution < 1.29 is 19.4 Å². The van der Waals surface area contributed by atoms with Gasteiger partial charge in [0.2, 0.25) is 0 Å². The van der Waals surface area contributed by atoms with Crippen molar-refractivity contribution in [2.24, 2.45) is 0 Å². The van der Waals surface area contributed by atoms with Crippen LogP contribution in [0.3, 0.4) is 0 Å². The van der Waals surface area contributed by atoms with Crippen LogP contribution in [0.25, 0.3) is 11.4 Å². The Morgan fingerprint density at radius 1 is 1.00 bits per heavy atom. The minimum atomic E-state index is -1.26. The van der Waals surface area contributed by atoms with E-state index in [1.165, 1.54) is 0 Å². The summed E-state index contributed by atoms with van der Waals surface area (Å²) in [4.78, 5) is 31.7. The number of aromatic carboxylic acids is 1. The van der Waals surface area contributed by atoms with Crippen molar-refractivity contribution in [1.29, 1.82) is 0 Å². The lowest BCUT2D eigenvalue weighted by Gasteiger charge is -2.11. The highest BCUT2D eigenvalue weighted by molar-refractivity contribution is 5.99. The Balaban J connectivity index is 1.77. The number of carbonyl (C=O) groups is 2. The third-order valence-corrected chi connectivity index (χ3v) is 3.82. The molecule has 0 unspecified atom stereocenters. The van der Waals surface area contributed by atoms with Crippen molar-refractivity contribution in [2.45, 2.75) is 6.92 Å². The smallest absolute Gasteiger partial charge is 0.358 e. The number of benzene rings is 2. The first kappa shape index (κ1) is 19.6. The number of ether oxygens (including phenoxy) is 1. The molecule has 9 nitrogen and oxygen atoms in total. The molecule has 1 heterocycles. The average molecular weight is 393 g/mol. The van der Waals surface area contributed by atoms with Gasteiger partial charge in [-0.1, -0.05) is 18.2 Å². The molecule has 0 fully saturated rings. The molecule has 3 rings (SSSR count). The van der Waals surface area contributed by atoms with Crippen LogP contribution in [0.1, 0.15) is 17.4 Å². The Morgan fingerprint density at radius 2 is 1.62 bits per heavy atom. The van der Waals surface area contributed by atoms with Gasteiger partial charge in [0, 0.05) is 16.9 Å². The molecule has 5 N–H and O–H groups in total. The van der Waals surface area contributed by atoms with Crippen molar-refractivity contribution >= 4 is 29.2 Å². The predicted molar refractivity (Wildman–Crippen MR) is 109 cm³/mol. The highest BCUT2D eigenvalue weighted by Gasteiger charge is 2.20. The molecule has 0 saturated heterocycles. The van der Waals surface area contributed by atoms with Gasteiger partial charge in [-0.25, -0.2) is 19.6 Å². The predicted octanol–water partition coefficient (Wildman–Crippen LogP) is 3.47. The number of urea groups is 1. The molecule has 0 radical (unpaired) electrons. The van der Waals surface area contributed by atoms with Crippen LogP contribution in [0.4, 0.5) is 22.0 Å². The number of nitrogens with two attached hydrogens (primary N) is 1. The number of nitrogens with zero attached hydrogens (tertiary/aromatic N) is 2. The average Bonchev–Trinajstić information content (AvgIpc) is 2.70. The fraction of sp³-hybridized carbons (Fsp3) is 0.100. The van der Waals surface area contributed by atoms with E-state index >= 15 is 0 Å². The largest absolute Gasteiger partial charge is 0.488 e. The molecule has 29 heavy (non-hydrogen) atoms. The fourth-order valence-electron chi connectivity index (χ4n) is 2.55. The van der Waals surface area contributed by atoms with Crippen LogP contribution in [0.15, 0.2) is 54.6 Å². The second-order valence-electron chi connectivity index (χ2n) is 5.87. The number of carbonyl (C=O) groups excluding carboxylic acids is 1. The van der Waals surface area contributed by atoms with E-state index in [-0.39, 0.29) is 29.7 Å². The number of anilines is 3. The molecule has 0 bridgehead atoms. The number of para-hydroxylation sites is 1. The van der Waals surface area contributed by atoms with E-state index in [2.05, 4.69) is 20.6 Å². The van der Waals surface area contributed by atoms with E-state index in [0.29, 0.717) is 16.9 Å². The Kier molecular flexibility index (Phi) is 5.88. The Hall–Kier alpha value is -4.14. The number of rotatable bonds is 6. The summed E-state index contributed by atoms with van der Waals surface area (Å²) in [6, 6.07) is 15.2. The molecule has 0 aliphatic rings. The van der Waals surface area contributed by atoms with Gasteiger partial charge in [0.15, 0.2) is 23.1 Å². The maximum Gasteiger partial charge on any atom is 0.358 e. The number of nitrogens with one attached hydrogen (secondary N) is 2. The van der Waals surface area contributed by atoms with Crippen molar-refractivity contribution in [3.63, 3.8) is 0 Å². The van der Waals surface area contributed by atoms with Gasteiger partial charge in [-0.3, -0.25) is 0 Å². The second-order valence-corrected chi connectivity index (χ2v) is 5.87. The lowest BCUT2D eigenvalue weighted by molar-refractivity contribution is 0.0685. The molecule has 1 aromatic heterocycles. The Bertz CT molecular complexity index is 1020. The van der Waals surface area contributed by atoms with Crippen LogP contribution >= 0.6 is 0 Å². The van der Waals surface area contributed by atoms with Crippen LogP contribution in [0, 0.1) is 0 Å². The Morgan fingerprint density at radius 3 is 2.21 bits per heavy atom. The van der Waals surface area contributed by atoms with Gasteiger partial charge in [-0.15, -0.1) is 0 Å². The van der Waals surface area contributed by atoms with Crippen molar-refractivity contribution in [2.75, 3.05) is 23.0 Å². The highest BCUT2D eigenvalue weighted by Crippen LogP contribution is 2.28. The summed E-state index contributed by atoms with van der Waals surface area (Å²) in [5, 5.41) is 14.8. The monoisotopic (exact) mass is 393 g/mol. The van der Waals surface area contributed by atoms with Gasteiger partial charge in [0.1, 0.15) is 0 Å². The minimum absolute atomic E-state index is 0.0559. The first-order chi connectivity index (χ1) is 14.0. The van der Waals surface area contributed by atoms with Gasteiger partial charge in [-0.2, -0.15) is 0 Å². The fourth-order valence-corrected chi connectivity index (χ4v) is 2.55. The summed E-state index contributed by atoms with van der Waals surface area (Å²) in [5.41, 5.74) is 7.29. The molecule has 148 valence electrons. The maximum atomic E-state index is 12.1. The van der Waals surface area contributed by atoms with E-state index in [1.807, 2.05) is 18.2 Å². The van der Waals surface area contributed by atoms with Gasteiger partial charge >= 0.3 is 12.0 Å². The number of hydrogen-bond donors (Lipinski definition) is 4. The molecular weight excluding hydrogens is 374 g/mol. The van der Waals surface area contributed by atoms with E-state index < -0.39 is 12.0 Å². The SMILES string of the molecule is CCOc1c(N)nc(-c2ccc(NC(=O)Nc3ccccc3)cc2)nc1C(=O)O. The zero-order valence-corrected chi connectivity index (χ0v) is 15.5. The van der Waals surface area contributed by atoms with Crippen molar-refractivity contribution in [1.82, 2.24) is 9.97 Å². The summed E-state index contributed by atoms with van der Waals surface area (Å²) in [6.45, 7) is 1.94. The third-order valence-electron chi connectivity index (χ3n) is 3.82. The zero-order chi connectivity index (χ0) is 20.8. The molecule has 0 aliphatic carbocycles. The number of hydrogen-bond acceptors (Lipinski definition) is 6. The first-order valence-electron chi connectivity index (χ1n) is 8.75. The molecule has 2 amide bonds. The standard InChI is InChI=1S/C20H19N5O4/c1-2-29-16-15(19(26)27)24-18(25-17(16)21)12-8-10-14(11-9-12)23-20(28)22-13-6-4-3-5-7-13/h3-11H,2H2,1H3,(H,26,27)(H2,21,24,25)(H2,22,23,28). The van der Waals surface area contributed by atoms with E-state index in [9.17, 15) is 14.7 Å². The summed E-state index contributed by atoms with van der Waals surface area (Å²) in [6.07, 6.45) is 0. The third kappa shape index (κ3) is 4.78. The molecule has 0 aliphatic heterocycles. The summed E-state index contributed by atoms with van der Waals surface area (Å²) >= 11 is 0. The van der Waals surface area contributed by atoms with Crippen molar-refractivity contribution in [3.8, 4) is 17.1 Å². The minimum Gasteiger partial charge on any atom is -0.488 e. The van der Waals surface area contributed by atoms with Gasteiger partial charge in [-0.05, 0) is 43.3 Å².